The molecule has 0 fully saturated rings. The van der Waals surface area contributed by atoms with E-state index in [0.717, 1.165) is 21.0 Å². The van der Waals surface area contributed by atoms with E-state index in [0.29, 0.717) is 4.96 Å². The molecule has 0 atom stereocenters. The highest BCUT2D eigenvalue weighted by molar-refractivity contribution is 7.23. The minimum Gasteiger partial charge on any atom is -0.469 e. The average Bonchev–Trinajstić information content (AvgIpc) is 2.96. The van der Waals surface area contributed by atoms with Gasteiger partial charge in [-0.05, 0) is 11.5 Å². The Labute approximate surface area is 140 Å². The van der Waals surface area contributed by atoms with Gasteiger partial charge in [-0.1, -0.05) is 41.7 Å². The Hall–Kier alpha value is -2.80. The molecule has 2 aromatic carbocycles. The summed E-state index contributed by atoms with van der Waals surface area (Å²) in [5.41, 5.74) is 0.806. The van der Waals surface area contributed by atoms with Crippen LogP contribution in [0.3, 0.4) is 0 Å². The van der Waals surface area contributed by atoms with Crippen molar-refractivity contribution in [2.45, 2.75) is 12.8 Å². The van der Waals surface area contributed by atoms with Gasteiger partial charge in [-0.25, -0.2) is 4.52 Å². The predicted molar refractivity (Wildman–Crippen MR) is 92.5 cm³/mol. The zero-order valence-electron chi connectivity index (χ0n) is 12.9. The molecule has 6 nitrogen and oxygen atoms in total. The Kier molecular flexibility index (Phi) is 3.50. The highest BCUT2D eigenvalue weighted by atomic mass is 32.1. The van der Waals surface area contributed by atoms with Crippen LogP contribution >= 0.6 is 11.3 Å². The zero-order valence-corrected chi connectivity index (χ0v) is 13.7. The molecule has 0 saturated carbocycles. The number of carbonyl (C=O) groups is 1. The molecule has 0 N–H and O–H groups in total. The summed E-state index contributed by atoms with van der Waals surface area (Å²) >= 11 is 1.43. The Morgan fingerprint density at radius 1 is 1.25 bits per heavy atom. The summed E-state index contributed by atoms with van der Waals surface area (Å²) in [6.45, 7) is 0. The quantitative estimate of drug-likeness (QED) is 0.536. The first-order valence-electron chi connectivity index (χ1n) is 7.44. The molecular formula is C17H13N3O3S. The molecule has 0 aliphatic heterocycles. The number of ether oxygens (including phenoxy) is 1. The summed E-state index contributed by atoms with van der Waals surface area (Å²) in [6, 6.07) is 12.1. The fourth-order valence-electron chi connectivity index (χ4n) is 2.73. The monoisotopic (exact) mass is 339 g/mol. The molecule has 0 aliphatic carbocycles. The lowest BCUT2D eigenvalue weighted by atomic mass is 10.1. The molecule has 2 aromatic heterocycles. The number of carbonyl (C=O) groups excluding carboxylic acids is 1. The maximum Gasteiger partial charge on any atom is 0.305 e. The lowest BCUT2D eigenvalue weighted by Gasteiger charge is -2.02. The van der Waals surface area contributed by atoms with Crippen LogP contribution in [0.1, 0.15) is 12.1 Å². The Morgan fingerprint density at radius 2 is 2.08 bits per heavy atom. The lowest BCUT2D eigenvalue weighted by molar-refractivity contribution is -0.140. The Bertz CT molecular complexity index is 1150. The van der Waals surface area contributed by atoms with E-state index in [1.54, 1.807) is 4.52 Å². The van der Waals surface area contributed by atoms with Crippen molar-refractivity contribution in [2.75, 3.05) is 7.11 Å². The second-order valence-electron chi connectivity index (χ2n) is 5.37. The minimum atomic E-state index is -0.394. The van der Waals surface area contributed by atoms with Crippen LogP contribution in [0.5, 0.6) is 0 Å². The first-order chi connectivity index (χ1) is 11.7. The molecule has 0 radical (unpaired) electrons. The number of hydrogen-bond acceptors (Lipinski definition) is 6. The molecule has 0 bridgehead atoms. The van der Waals surface area contributed by atoms with Crippen LogP contribution < -0.4 is 5.56 Å². The predicted octanol–water partition coefficient (Wildman–Crippen LogP) is 2.56. The van der Waals surface area contributed by atoms with Crippen LogP contribution in [0.2, 0.25) is 0 Å². The minimum absolute atomic E-state index is 0.106. The number of hydrogen-bond donors (Lipinski definition) is 0. The number of aryl methyl sites for hydroxylation is 1. The van der Waals surface area contributed by atoms with E-state index < -0.39 is 5.56 Å². The smallest absolute Gasteiger partial charge is 0.305 e. The third kappa shape index (κ3) is 2.33. The number of aromatic nitrogens is 3. The van der Waals surface area contributed by atoms with Crippen molar-refractivity contribution >= 4 is 43.3 Å². The summed E-state index contributed by atoms with van der Waals surface area (Å²) in [6.07, 6.45) is 0.318. The van der Waals surface area contributed by atoms with Gasteiger partial charge in [0.2, 0.25) is 4.96 Å². The number of nitrogens with zero attached hydrogens (tertiary/aromatic N) is 3. The average molecular weight is 339 g/mol. The summed E-state index contributed by atoms with van der Waals surface area (Å²) < 4.78 is 7.34. The SMILES string of the molecule is COC(=O)CCc1nn2c(nc1=O)sc1ccc3ccccc3c12. The highest BCUT2D eigenvalue weighted by Gasteiger charge is 2.14. The van der Waals surface area contributed by atoms with Crippen molar-refractivity contribution in [2.24, 2.45) is 0 Å². The van der Waals surface area contributed by atoms with Gasteiger partial charge < -0.3 is 4.74 Å². The molecule has 0 saturated heterocycles. The van der Waals surface area contributed by atoms with Gasteiger partial charge in [0.05, 0.1) is 23.7 Å². The molecule has 0 amide bonds. The van der Waals surface area contributed by atoms with Gasteiger partial charge in [0.25, 0.3) is 5.56 Å². The summed E-state index contributed by atoms with van der Waals surface area (Å²) in [5.74, 6) is -0.373. The van der Waals surface area contributed by atoms with Crippen molar-refractivity contribution in [1.29, 1.82) is 0 Å². The largest absolute Gasteiger partial charge is 0.469 e. The number of fused-ring (bicyclic) bond motifs is 5. The molecule has 0 aliphatic rings. The van der Waals surface area contributed by atoms with E-state index in [9.17, 15) is 9.59 Å². The zero-order chi connectivity index (χ0) is 16.7. The fraction of sp³-hybridized carbons (Fsp3) is 0.176. The number of rotatable bonds is 3. The molecule has 0 unspecified atom stereocenters. The third-order valence-electron chi connectivity index (χ3n) is 3.92. The molecule has 120 valence electrons. The van der Waals surface area contributed by atoms with E-state index in [4.69, 9.17) is 0 Å². The van der Waals surface area contributed by atoms with Crippen LogP contribution in [-0.4, -0.2) is 27.7 Å². The van der Waals surface area contributed by atoms with E-state index in [1.165, 1.54) is 18.4 Å². The van der Waals surface area contributed by atoms with E-state index in [1.807, 2.05) is 36.4 Å². The first kappa shape index (κ1) is 14.8. The van der Waals surface area contributed by atoms with Gasteiger partial charge >= 0.3 is 5.97 Å². The maximum absolute atomic E-state index is 12.1. The fourth-order valence-corrected chi connectivity index (χ4v) is 3.70. The molecule has 7 heteroatoms. The van der Waals surface area contributed by atoms with Crippen LogP contribution in [0.15, 0.2) is 41.2 Å². The summed E-state index contributed by atoms with van der Waals surface area (Å²) in [5, 5.41) is 6.62. The number of esters is 1. The van der Waals surface area contributed by atoms with E-state index in [-0.39, 0.29) is 24.5 Å². The molecule has 24 heavy (non-hydrogen) atoms. The summed E-state index contributed by atoms with van der Waals surface area (Å²) in [4.78, 5) is 28.1. The maximum atomic E-state index is 12.1. The second-order valence-corrected chi connectivity index (χ2v) is 6.38. The van der Waals surface area contributed by atoms with Crippen LogP contribution in [0.25, 0.3) is 25.9 Å². The Morgan fingerprint density at radius 3 is 2.92 bits per heavy atom. The van der Waals surface area contributed by atoms with Crippen molar-refractivity contribution in [1.82, 2.24) is 14.6 Å². The number of thiazole rings is 1. The third-order valence-corrected chi connectivity index (χ3v) is 4.91. The van der Waals surface area contributed by atoms with E-state index >= 15 is 0 Å². The number of benzene rings is 2. The van der Waals surface area contributed by atoms with Gasteiger partial charge in [-0.3, -0.25) is 9.59 Å². The van der Waals surface area contributed by atoms with Crippen molar-refractivity contribution in [3.63, 3.8) is 0 Å². The summed E-state index contributed by atoms with van der Waals surface area (Å²) in [7, 11) is 1.32. The molecular weight excluding hydrogens is 326 g/mol. The van der Waals surface area contributed by atoms with Gasteiger partial charge in [0.15, 0.2) is 0 Å². The highest BCUT2D eigenvalue weighted by Crippen LogP contribution is 2.30. The normalized spacial score (nSPS) is 11.4. The van der Waals surface area contributed by atoms with Gasteiger partial charge in [-0.2, -0.15) is 10.1 Å². The van der Waals surface area contributed by atoms with Gasteiger partial charge in [0, 0.05) is 11.8 Å². The molecule has 2 heterocycles. The van der Waals surface area contributed by atoms with Crippen molar-refractivity contribution in [3.05, 3.63) is 52.4 Å². The standard InChI is InChI=1S/C17H13N3O3S/c1-23-14(21)9-7-12-16(22)18-17-20(19-12)15-11-5-3-2-4-10(11)6-8-13(15)24-17/h2-6,8H,7,9H2,1H3. The van der Waals surface area contributed by atoms with Crippen LogP contribution in [0, 0.1) is 0 Å². The van der Waals surface area contributed by atoms with Crippen molar-refractivity contribution < 1.29 is 9.53 Å². The molecule has 0 spiro atoms. The topological polar surface area (TPSA) is 73.6 Å². The first-order valence-corrected chi connectivity index (χ1v) is 8.26. The van der Waals surface area contributed by atoms with Gasteiger partial charge in [-0.15, -0.1) is 0 Å². The lowest BCUT2D eigenvalue weighted by Crippen LogP contribution is -2.19. The van der Waals surface area contributed by atoms with Crippen molar-refractivity contribution in [3.8, 4) is 0 Å². The number of methoxy groups -OCH3 is 1. The second kappa shape index (κ2) is 5.68. The Balaban J connectivity index is 1.96. The van der Waals surface area contributed by atoms with E-state index in [2.05, 4.69) is 14.8 Å². The molecule has 4 aromatic rings. The van der Waals surface area contributed by atoms with Crippen LogP contribution in [-0.2, 0) is 16.0 Å². The van der Waals surface area contributed by atoms with Crippen LogP contribution in [0.4, 0.5) is 0 Å². The molecule has 4 rings (SSSR count). The van der Waals surface area contributed by atoms with Gasteiger partial charge in [0.1, 0.15) is 5.69 Å².